The zero-order chi connectivity index (χ0) is 35.1. The first-order chi connectivity index (χ1) is 22.8. The molecule has 255 valence electrons. The van der Waals surface area contributed by atoms with Crippen LogP contribution in [0.25, 0.3) is 0 Å². The topological polar surface area (TPSA) is 99.3 Å². The molecule has 0 aliphatic heterocycles. The van der Waals surface area contributed by atoms with Crippen molar-refractivity contribution in [2.45, 2.75) is 67.5 Å². The molecule has 0 saturated heterocycles. The maximum atomic E-state index is 13.9. The zero-order valence-corrected chi connectivity index (χ0v) is 30.4. The summed E-state index contributed by atoms with van der Waals surface area (Å²) in [6.07, 6.45) is 2.86. The molecule has 1 radical (unpaired) electrons. The van der Waals surface area contributed by atoms with E-state index in [1.165, 1.54) is 26.3 Å². The third-order valence-corrected chi connectivity index (χ3v) is 8.39. The molecule has 2 N–H and O–H groups in total. The van der Waals surface area contributed by atoms with Crippen molar-refractivity contribution in [2.24, 2.45) is 9.98 Å². The minimum atomic E-state index is -0.662. The number of aliphatic hydroxyl groups is 2. The summed E-state index contributed by atoms with van der Waals surface area (Å²) in [5.41, 5.74) is 8.20. The molecule has 0 amide bonds. The third-order valence-electron chi connectivity index (χ3n) is 8.39. The van der Waals surface area contributed by atoms with Crippen LogP contribution in [0.1, 0.15) is 91.2 Å². The van der Waals surface area contributed by atoms with Crippen molar-refractivity contribution in [3.05, 3.63) is 163 Å². The van der Waals surface area contributed by atoms with Crippen LogP contribution in [-0.4, -0.2) is 34.2 Å². The first-order valence-electron chi connectivity index (χ1n) is 16.0. The SMILES string of the molecule is CC(O)=C(C=N[C@H](c1ccccc1)[C@H](N=CC(C(=O)c1c(C)cc(C)cc1C)=C(C)O)c1ccccc1)C(=O)c1c(C)cc(C)cc1C.[Co]. The van der Waals surface area contributed by atoms with Crippen LogP contribution in [0.2, 0.25) is 0 Å². The Hall–Kier alpha value is -4.85. The molecule has 0 fully saturated rings. The zero-order valence-electron chi connectivity index (χ0n) is 29.3. The number of allylic oxidation sites excluding steroid dienone is 4. The van der Waals surface area contributed by atoms with Gasteiger partial charge in [-0.3, -0.25) is 19.6 Å². The largest absolute Gasteiger partial charge is 0.512 e. The van der Waals surface area contributed by atoms with Gasteiger partial charge < -0.3 is 10.2 Å². The Balaban J connectivity index is 0.00000650. The molecule has 0 spiro atoms. The molecule has 7 heteroatoms. The van der Waals surface area contributed by atoms with Crippen molar-refractivity contribution in [2.75, 3.05) is 0 Å². The molecule has 0 aromatic heterocycles. The number of carbonyl (C=O) groups excluding carboxylic acids is 2. The van der Waals surface area contributed by atoms with E-state index < -0.39 is 12.1 Å². The van der Waals surface area contributed by atoms with Gasteiger partial charge in [-0.25, -0.2) is 0 Å². The van der Waals surface area contributed by atoms with E-state index in [9.17, 15) is 19.8 Å². The van der Waals surface area contributed by atoms with Gasteiger partial charge in [0.15, 0.2) is 11.6 Å². The summed E-state index contributed by atoms with van der Waals surface area (Å²) >= 11 is 0. The van der Waals surface area contributed by atoms with E-state index in [2.05, 4.69) is 0 Å². The molecule has 0 unspecified atom stereocenters. The maximum absolute atomic E-state index is 13.9. The van der Waals surface area contributed by atoms with Crippen LogP contribution >= 0.6 is 0 Å². The van der Waals surface area contributed by atoms with Gasteiger partial charge in [-0.05, 0) is 88.8 Å². The number of nitrogens with zero attached hydrogens (tertiary/aromatic N) is 2. The molecule has 0 aliphatic carbocycles. The molecule has 4 rings (SSSR count). The van der Waals surface area contributed by atoms with Crippen LogP contribution < -0.4 is 0 Å². The Morgan fingerprint density at radius 2 is 0.837 bits per heavy atom. The summed E-state index contributed by atoms with van der Waals surface area (Å²) in [7, 11) is 0. The number of ketones is 2. The predicted octanol–water partition coefficient (Wildman–Crippen LogP) is 9.89. The van der Waals surface area contributed by atoms with Crippen LogP contribution in [0, 0.1) is 41.5 Å². The second-order valence-corrected chi connectivity index (χ2v) is 12.5. The van der Waals surface area contributed by atoms with Gasteiger partial charge in [-0.15, -0.1) is 0 Å². The molecule has 6 nitrogen and oxygen atoms in total. The summed E-state index contributed by atoms with van der Waals surface area (Å²) in [5.74, 6) is -0.942. The number of hydrogen-bond donors (Lipinski definition) is 2. The van der Waals surface area contributed by atoms with E-state index in [1.54, 1.807) is 0 Å². The van der Waals surface area contributed by atoms with Crippen molar-refractivity contribution in [3.63, 3.8) is 0 Å². The quantitative estimate of drug-likeness (QED) is 0.0705. The van der Waals surface area contributed by atoms with Crippen molar-refractivity contribution in [3.8, 4) is 0 Å². The molecule has 2 atom stereocenters. The van der Waals surface area contributed by atoms with E-state index >= 15 is 0 Å². The van der Waals surface area contributed by atoms with Gasteiger partial charge in [0.1, 0.15) is 23.6 Å². The summed E-state index contributed by atoms with van der Waals surface area (Å²) < 4.78 is 0. The van der Waals surface area contributed by atoms with E-state index in [0.29, 0.717) is 11.1 Å². The number of hydrogen-bond acceptors (Lipinski definition) is 6. The summed E-state index contributed by atoms with van der Waals surface area (Å²) in [6, 6.07) is 25.6. The number of Topliss-reactive ketones (excluding diaryl/α,β-unsaturated/α-hetero) is 2. The fourth-order valence-corrected chi connectivity index (χ4v) is 6.29. The van der Waals surface area contributed by atoms with Gasteiger partial charge in [0.25, 0.3) is 0 Å². The van der Waals surface area contributed by atoms with Crippen molar-refractivity contribution < 1.29 is 36.6 Å². The molecule has 4 aromatic carbocycles. The fraction of sp³-hybridized carbons (Fsp3) is 0.238. The first kappa shape index (κ1) is 38.6. The molecular weight excluding hydrogens is 655 g/mol. The van der Waals surface area contributed by atoms with Gasteiger partial charge in [0, 0.05) is 40.3 Å². The van der Waals surface area contributed by atoms with E-state index in [1.807, 2.05) is 126 Å². The normalized spacial score (nSPS) is 13.8. The minimum Gasteiger partial charge on any atom is -0.512 e. The Labute approximate surface area is 300 Å². The van der Waals surface area contributed by atoms with Gasteiger partial charge in [-0.2, -0.15) is 0 Å². The Kier molecular flexibility index (Phi) is 13.4. The predicted molar refractivity (Wildman–Crippen MR) is 196 cm³/mol. The van der Waals surface area contributed by atoms with Crippen molar-refractivity contribution >= 4 is 24.0 Å². The van der Waals surface area contributed by atoms with Crippen LogP contribution in [0.15, 0.2) is 118 Å². The van der Waals surface area contributed by atoms with Gasteiger partial charge in [0.2, 0.25) is 0 Å². The average molecular weight is 700 g/mol. The average Bonchev–Trinajstić information content (AvgIpc) is 3.01. The summed E-state index contributed by atoms with van der Waals surface area (Å²) in [5, 5.41) is 21.5. The minimum absolute atomic E-state index is 0. The Morgan fingerprint density at radius 1 is 0.551 bits per heavy atom. The number of aryl methyl sites for hydroxylation is 6. The van der Waals surface area contributed by atoms with E-state index in [4.69, 9.17) is 9.98 Å². The number of rotatable bonds is 11. The van der Waals surface area contributed by atoms with Crippen LogP contribution in [0.5, 0.6) is 0 Å². The monoisotopic (exact) mass is 699 g/mol. The van der Waals surface area contributed by atoms with Gasteiger partial charge in [0.05, 0.1) is 11.1 Å². The number of aliphatic hydroxyl groups excluding tert-OH is 2. The molecule has 0 bridgehead atoms. The molecule has 0 saturated carbocycles. The maximum Gasteiger partial charge on any atom is 0.198 e. The molecular formula is C42H44CoN2O4. The van der Waals surface area contributed by atoms with Crippen LogP contribution in [0.4, 0.5) is 0 Å². The smallest absolute Gasteiger partial charge is 0.198 e. The van der Waals surface area contributed by atoms with Crippen LogP contribution in [-0.2, 0) is 16.8 Å². The Morgan fingerprint density at radius 3 is 1.10 bits per heavy atom. The number of carbonyl (C=O) groups is 2. The van der Waals surface area contributed by atoms with Crippen molar-refractivity contribution in [1.82, 2.24) is 0 Å². The van der Waals surface area contributed by atoms with Gasteiger partial charge in [-0.1, -0.05) is 96.1 Å². The fourth-order valence-electron chi connectivity index (χ4n) is 6.29. The van der Waals surface area contributed by atoms with Crippen molar-refractivity contribution in [1.29, 1.82) is 0 Å². The number of benzene rings is 4. The Bertz CT molecular complexity index is 1760. The van der Waals surface area contributed by atoms with Gasteiger partial charge >= 0.3 is 0 Å². The first-order valence-corrected chi connectivity index (χ1v) is 16.0. The summed E-state index contributed by atoms with van der Waals surface area (Å²) in [6.45, 7) is 14.5. The second-order valence-electron chi connectivity index (χ2n) is 12.5. The second kappa shape index (κ2) is 17.0. The number of aliphatic imine (C=N–C) groups is 2. The molecule has 49 heavy (non-hydrogen) atoms. The molecule has 4 aromatic rings. The standard InChI is InChI=1S/C42H44N2O4.Co/c1-25-19-27(3)37(28(4)20-25)41(47)35(31(7)45)23-43-39(33-15-11-9-12-16-33)40(34-17-13-10-14-18-34)44-24-36(32(8)46)42(48)38-29(5)21-26(2)22-30(38)6;/h9-24,39-40,45-46H,1-8H3;/t39-,40-;/m1./s1. The van der Waals surface area contributed by atoms with Crippen LogP contribution in [0.3, 0.4) is 0 Å². The van der Waals surface area contributed by atoms with E-state index in [-0.39, 0.29) is 51.0 Å². The summed E-state index contributed by atoms with van der Waals surface area (Å²) in [4.78, 5) is 37.7. The molecule has 0 aliphatic rings. The molecule has 0 heterocycles. The van der Waals surface area contributed by atoms with E-state index in [0.717, 1.165) is 44.5 Å². The third kappa shape index (κ3) is 9.19.